The van der Waals surface area contributed by atoms with E-state index in [0.717, 1.165) is 6.42 Å². The van der Waals surface area contributed by atoms with E-state index in [1.165, 1.54) is 16.4 Å². The van der Waals surface area contributed by atoms with Crippen molar-refractivity contribution in [3.63, 3.8) is 0 Å². The van der Waals surface area contributed by atoms with Gasteiger partial charge < -0.3 is 14.4 Å². The molecule has 9 nitrogen and oxygen atoms in total. The van der Waals surface area contributed by atoms with Gasteiger partial charge in [0.25, 0.3) is 0 Å². The summed E-state index contributed by atoms with van der Waals surface area (Å²) in [6, 6.07) is 4.62. The third kappa shape index (κ3) is 4.57. The van der Waals surface area contributed by atoms with E-state index >= 15 is 0 Å². The van der Waals surface area contributed by atoms with Gasteiger partial charge in [-0.3, -0.25) is 4.79 Å². The van der Waals surface area contributed by atoms with Crippen molar-refractivity contribution >= 4 is 25.8 Å². The fourth-order valence-corrected chi connectivity index (χ4v) is 7.34. The number of hydrogen-bond donors (Lipinski definition) is 0. The number of nitrogens with zero attached hydrogens (tertiary/aromatic N) is 2. The Balaban J connectivity index is 1.37. The highest BCUT2D eigenvalue weighted by Crippen LogP contribution is 2.33. The van der Waals surface area contributed by atoms with Crippen molar-refractivity contribution < 1.29 is 31.1 Å². The molecular weight excluding hydrogens is 432 g/mol. The zero-order valence-corrected chi connectivity index (χ0v) is 18.3. The van der Waals surface area contributed by atoms with Gasteiger partial charge in [0.1, 0.15) is 0 Å². The number of sulfone groups is 1. The average molecular weight is 459 g/mol. The number of ether oxygens (including phenoxy) is 2. The van der Waals surface area contributed by atoms with Gasteiger partial charge in [0.05, 0.1) is 29.6 Å². The number of benzene rings is 1. The lowest BCUT2D eigenvalue weighted by atomic mass is 10.0. The lowest BCUT2D eigenvalue weighted by molar-refractivity contribution is -0.133. The third-order valence-corrected chi connectivity index (χ3v) is 9.47. The summed E-state index contributed by atoms with van der Waals surface area (Å²) in [5.41, 5.74) is 0. The summed E-state index contributed by atoms with van der Waals surface area (Å²) in [6.07, 6.45) is 1.46. The molecule has 0 bridgehead atoms. The van der Waals surface area contributed by atoms with E-state index in [2.05, 4.69) is 0 Å². The first-order valence-electron chi connectivity index (χ1n) is 10.1. The van der Waals surface area contributed by atoms with E-state index in [1.54, 1.807) is 11.0 Å². The van der Waals surface area contributed by atoms with Crippen LogP contribution in [0.15, 0.2) is 23.1 Å². The van der Waals surface area contributed by atoms with Crippen molar-refractivity contribution in [2.45, 2.75) is 24.2 Å². The third-order valence-electron chi connectivity index (χ3n) is 5.74. The summed E-state index contributed by atoms with van der Waals surface area (Å²) in [5, 5.41) is 0. The summed E-state index contributed by atoms with van der Waals surface area (Å²) in [6.45, 7) is 1.99. The Morgan fingerprint density at radius 1 is 1.07 bits per heavy atom. The molecule has 2 fully saturated rings. The molecule has 0 spiro atoms. The number of piperazine rings is 1. The normalized spacial score (nSPS) is 24.4. The minimum atomic E-state index is -3.71. The average Bonchev–Trinajstić information content (AvgIpc) is 2.91. The maximum Gasteiger partial charge on any atom is 0.243 e. The molecule has 3 aliphatic heterocycles. The van der Waals surface area contributed by atoms with E-state index in [9.17, 15) is 21.6 Å². The van der Waals surface area contributed by atoms with Crippen LogP contribution in [0.4, 0.5) is 0 Å². The monoisotopic (exact) mass is 458 g/mol. The second-order valence-corrected chi connectivity index (χ2v) is 12.1. The number of fused-ring (bicyclic) bond motifs is 1. The van der Waals surface area contributed by atoms with Crippen LogP contribution in [0, 0.1) is 5.92 Å². The Hall–Kier alpha value is -1.85. The Bertz CT molecular complexity index is 1020. The molecular formula is C19H26N2O7S2. The predicted molar refractivity (Wildman–Crippen MR) is 109 cm³/mol. The molecule has 0 aliphatic carbocycles. The second kappa shape index (κ2) is 8.35. The first kappa shape index (κ1) is 21.4. The minimum Gasteiger partial charge on any atom is -0.490 e. The topological polar surface area (TPSA) is 110 Å². The van der Waals surface area contributed by atoms with Crippen LogP contribution in [-0.4, -0.2) is 82.8 Å². The van der Waals surface area contributed by atoms with Crippen LogP contribution in [0.2, 0.25) is 0 Å². The maximum absolute atomic E-state index is 13.0. The Labute approximate surface area is 176 Å². The van der Waals surface area contributed by atoms with E-state index in [1.807, 2.05) is 0 Å². The van der Waals surface area contributed by atoms with Crippen molar-refractivity contribution in [3.05, 3.63) is 18.2 Å². The number of sulfonamides is 1. The molecule has 11 heteroatoms. The van der Waals surface area contributed by atoms with Gasteiger partial charge in [-0.25, -0.2) is 16.8 Å². The molecule has 4 rings (SSSR count). The summed E-state index contributed by atoms with van der Waals surface area (Å²) in [7, 11) is -6.73. The van der Waals surface area contributed by atoms with Gasteiger partial charge in [0.2, 0.25) is 15.9 Å². The SMILES string of the molecule is O=C(C[C@@H]1CCS(=O)(=O)C1)N1CCN(S(=O)(=O)c2ccc3c(c2)OCCCO3)CC1. The van der Waals surface area contributed by atoms with Crippen LogP contribution >= 0.6 is 0 Å². The first-order valence-corrected chi connectivity index (χ1v) is 13.4. The fraction of sp³-hybridized carbons (Fsp3) is 0.632. The molecule has 0 N–H and O–H groups in total. The van der Waals surface area contributed by atoms with Crippen molar-refractivity contribution in [2.75, 3.05) is 50.9 Å². The van der Waals surface area contributed by atoms with Gasteiger partial charge >= 0.3 is 0 Å². The number of rotatable bonds is 4. The van der Waals surface area contributed by atoms with Crippen LogP contribution in [0.1, 0.15) is 19.3 Å². The van der Waals surface area contributed by atoms with Gasteiger partial charge in [-0.05, 0) is 24.5 Å². The van der Waals surface area contributed by atoms with Gasteiger partial charge in [-0.1, -0.05) is 0 Å². The highest BCUT2D eigenvalue weighted by Gasteiger charge is 2.34. The lowest BCUT2D eigenvalue weighted by Gasteiger charge is -2.34. The highest BCUT2D eigenvalue weighted by molar-refractivity contribution is 7.91. The zero-order chi connectivity index (χ0) is 21.4. The van der Waals surface area contributed by atoms with E-state index in [4.69, 9.17) is 9.47 Å². The maximum atomic E-state index is 13.0. The molecule has 30 heavy (non-hydrogen) atoms. The molecule has 0 saturated carbocycles. The summed E-state index contributed by atoms with van der Waals surface area (Å²) in [5.74, 6) is 0.935. The first-order chi connectivity index (χ1) is 14.2. The molecule has 0 radical (unpaired) electrons. The molecule has 1 amide bonds. The zero-order valence-electron chi connectivity index (χ0n) is 16.7. The smallest absolute Gasteiger partial charge is 0.243 e. The molecule has 0 aromatic heterocycles. The highest BCUT2D eigenvalue weighted by atomic mass is 32.2. The quantitative estimate of drug-likeness (QED) is 0.646. The molecule has 3 aliphatic rings. The fourth-order valence-electron chi connectivity index (χ4n) is 4.04. The second-order valence-electron chi connectivity index (χ2n) is 7.92. The van der Waals surface area contributed by atoms with Crippen molar-refractivity contribution in [1.82, 2.24) is 9.21 Å². The van der Waals surface area contributed by atoms with Crippen LogP contribution in [0.5, 0.6) is 11.5 Å². The molecule has 1 aromatic carbocycles. The van der Waals surface area contributed by atoms with Crippen molar-refractivity contribution in [2.24, 2.45) is 5.92 Å². The standard InChI is InChI=1S/C19H26N2O7S2/c22-19(12-15-4-11-29(23,24)14-15)20-5-7-21(8-6-20)30(25,26)16-2-3-17-18(13-16)28-10-1-9-27-17/h2-3,13,15H,1,4-12,14H2/t15-/m0/s1. The van der Waals surface area contributed by atoms with Crippen molar-refractivity contribution in [3.8, 4) is 11.5 Å². The van der Waals surface area contributed by atoms with Gasteiger partial charge in [-0.2, -0.15) is 4.31 Å². The van der Waals surface area contributed by atoms with E-state index < -0.39 is 19.9 Å². The molecule has 1 atom stereocenters. The van der Waals surface area contributed by atoms with E-state index in [0.29, 0.717) is 44.2 Å². The summed E-state index contributed by atoms with van der Waals surface area (Å²) in [4.78, 5) is 14.3. The van der Waals surface area contributed by atoms with Gasteiger partial charge in [-0.15, -0.1) is 0 Å². The molecule has 1 aromatic rings. The number of hydrogen-bond acceptors (Lipinski definition) is 7. The van der Waals surface area contributed by atoms with Gasteiger partial charge in [0, 0.05) is 45.1 Å². The molecule has 0 unspecified atom stereocenters. The minimum absolute atomic E-state index is 0.0667. The largest absolute Gasteiger partial charge is 0.490 e. The Morgan fingerprint density at radius 2 is 1.77 bits per heavy atom. The molecule has 2 saturated heterocycles. The molecule has 3 heterocycles. The predicted octanol–water partition coefficient (Wildman–Crippen LogP) is 0.506. The van der Waals surface area contributed by atoms with Crippen LogP contribution in [0.3, 0.4) is 0 Å². The Kier molecular flexibility index (Phi) is 5.95. The lowest BCUT2D eigenvalue weighted by Crippen LogP contribution is -2.50. The summed E-state index contributed by atoms with van der Waals surface area (Å²) < 4.78 is 61.8. The van der Waals surface area contributed by atoms with E-state index in [-0.39, 0.29) is 47.7 Å². The van der Waals surface area contributed by atoms with Crippen LogP contribution in [0.25, 0.3) is 0 Å². The Morgan fingerprint density at radius 3 is 2.43 bits per heavy atom. The van der Waals surface area contributed by atoms with Crippen molar-refractivity contribution in [1.29, 1.82) is 0 Å². The van der Waals surface area contributed by atoms with Gasteiger partial charge in [0.15, 0.2) is 21.3 Å². The number of amides is 1. The van der Waals surface area contributed by atoms with Crippen LogP contribution in [-0.2, 0) is 24.7 Å². The number of carbonyl (C=O) groups excluding carboxylic acids is 1. The summed E-state index contributed by atoms with van der Waals surface area (Å²) >= 11 is 0. The van der Waals surface area contributed by atoms with Crippen LogP contribution < -0.4 is 9.47 Å². The number of carbonyl (C=O) groups is 1. The molecule has 166 valence electrons.